The molecule has 0 aliphatic carbocycles. The van der Waals surface area contributed by atoms with E-state index in [1.165, 1.54) is 4.52 Å². The summed E-state index contributed by atoms with van der Waals surface area (Å²) in [7, 11) is 1.59. The number of rotatable bonds is 8. The van der Waals surface area contributed by atoms with E-state index in [1.54, 1.807) is 19.2 Å². The van der Waals surface area contributed by atoms with Crippen molar-refractivity contribution in [2.45, 2.75) is 26.4 Å². The molecule has 3 N–H and O–H groups in total. The first kappa shape index (κ1) is 27.5. The average molecular weight is 552 g/mol. The number of carbonyl (C=O) groups is 1. The molecule has 9 nitrogen and oxygen atoms in total. The molecule has 41 heavy (non-hydrogen) atoms. The lowest BCUT2D eigenvalue weighted by molar-refractivity contribution is 0.0530. The molecule has 0 spiro atoms. The smallest absolute Gasteiger partial charge is 0.407 e. The van der Waals surface area contributed by atoms with Crippen molar-refractivity contribution in [3.63, 3.8) is 0 Å². The minimum absolute atomic E-state index is 0.262. The Hall–Kier alpha value is -5.05. The van der Waals surface area contributed by atoms with Crippen LogP contribution in [-0.2, 0) is 4.74 Å². The maximum atomic E-state index is 14.2. The number of benzene rings is 3. The molecule has 0 aliphatic heterocycles. The molecule has 9 heteroatoms. The van der Waals surface area contributed by atoms with E-state index in [0.29, 0.717) is 34.9 Å². The predicted molar refractivity (Wildman–Crippen MR) is 161 cm³/mol. The number of aromatic amines is 1. The number of methoxy groups -OCH3 is 1. The average Bonchev–Trinajstić information content (AvgIpc) is 3.35. The molecule has 0 atom stereocenters. The highest BCUT2D eigenvalue weighted by molar-refractivity contribution is 5.92. The number of nitrogens with one attached hydrogen (secondary N) is 3. The molecule has 0 saturated carbocycles. The van der Waals surface area contributed by atoms with Gasteiger partial charge in [-0.1, -0.05) is 72.8 Å². The van der Waals surface area contributed by atoms with E-state index in [2.05, 4.69) is 15.7 Å². The van der Waals surface area contributed by atoms with Gasteiger partial charge in [-0.25, -0.2) is 9.78 Å². The number of H-pyrrole nitrogens is 1. The molecule has 5 aromatic rings. The molecule has 0 aliphatic rings. The topological polar surface area (TPSA) is 110 Å². The molecule has 2 aromatic heterocycles. The fraction of sp³-hybridized carbons (Fsp3) is 0.219. The fourth-order valence-corrected chi connectivity index (χ4v) is 4.57. The van der Waals surface area contributed by atoms with Gasteiger partial charge >= 0.3 is 6.09 Å². The Morgan fingerprint density at radius 2 is 1.46 bits per heavy atom. The number of hydrogen-bond donors (Lipinski definition) is 3. The molecule has 0 saturated heterocycles. The van der Waals surface area contributed by atoms with E-state index in [1.807, 2.05) is 93.6 Å². The predicted octanol–water partition coefficient (Wildman–Crippen LogP) is 5.97. The van der Waals surface area contributed by atoms with Crippen molar-refractivity contribution in [1.29, 1.82) is 0 Å². The van der Waals surface area contributed by atoms with Crippen molar-refractivity contribution in [3.05, 3.63) is 95.3 Å². The second-order valence-corrected chi connectivity index (χ2v) is 10.5. The zero-order valence-electron chi connectivity index (χ0n) is 23.5. The maximum absolute atomic E-state index is 14.2. The summed E-state index contributed by atoms with van der Waals surface area (Å²) < 4.78 is 12.1. The Morgan fingerprint density at radius 3 is 2.07 bits per heavy atom. The minimum atomic E-state index is -0.598. The van der Waals surface area contributed by atoms with Crippen LogP contribution in [0.25, 0.3) is 39.2 Å². The van der Waals surface area contributed by atoms with Gasteiger partial charge < -0.3 is 20.1 Å². The third-order valence-electron chi connectivity index (χ3n) is 6.37. The highest BCUT2D eigenvalue weighted by Gasteiger charge is 2.23. The Kier molecular flexibility index (Phi) is 7.78. The number of amides is 1. The summed E-state index contributed by atoms with van der Waals surface area (Å²) in [5.41, 5.74) is 4.14. The molecule has 1 amide bonds. The van der Waals surface area contributed by atoms with Gasteiger partial charge in [0, 0.05) is 18.7 Å². The number of aromatic nitrogens is 3. The highest BCUT2D eigenvalue weighted by atomic mass is 16.6. The van der Waals surface area contributed by atoms with Crippen LogP contribution in [0.3, 0.4) is 0 Å². The van der Waals surface area contributed by atoms with E-state index in [4.69, 9.17) is 14.5 Å². The van der Waals surface area contributed by atoms with Gasteiger partial charge in [0.05, 0.1) is 23.9 Å². The third kappa shape index (κ3) is 6.09. The first-order chi connectivity index (χ1) is 19.7. The zero-order chi connectivity index (χ0) is 29.0. The van der Waals surface area contributed by atoms with E-state index < -0.39 is 11.7 Å². The van der Waals surface area contributed by atoms with Crippen LogP contribution < -0.4 is 20.9 Å². The van der Waals surface area contributed by atoms with Crippen LogP contribution in [-0.4, -0.2) is 46.5 Å². The molecule has 0 unspecified atom stereocenters. The lowest BCUT2D eigenvalue weighted by Crippen LogP contribution is -2.35. The Morgan fingerprint density at radius 1 is 0.854 bits per heavy atom. The Labute approximate surface area is 238 Å². The minimum Gasteiger partial charge on any atom is -0.497 e. The lowest BCUT2D eigenvalue weighted by Gasteiger charge is -2.19. The van der Waals surface area contributed by atoms with Gasteiger partial charge in [-0.15, -0.1) is 0 Å². The SMILES string of the molecule is COc1ccc(-c2c(NCCNC(=O)OC(C)(C)C)nc3c(-c4ccccc4)c(-c4ccccc4)[nH]n3c2=O)cc1. The van der Waals surface area contributed by atoms with Crippen LogP contribution >= 0.6 is 0 Å². The van der Waals surface area contributed by atoms with Gasteiger partial charge in [0.25, 0.3) is 5.56 Å². The molecule has 2 heterocycles. The number of ether oxygens (including phenoxy) is 2. The summed E-state index contributed by atoms with van der Waals surface area (Å²) in [5.74, 6) is 1.08. The van der Waals surface area contributed by atoms with Gasteiger partial charge in [0.15, 0.2) is 5.65 Å². The van der Waals surface area contributed by atoms with E-state index >= 15 is 0 Å². The second kappa shape index (κ2) is 11.6. The summed E-state index contributed by atoms with van der Waals surface area (Å²) in [6, 6.07) is 27.0. The summed E-state index contributed by atoms with van der Waals surface area (Å²) in [4.78, 5) is 31.3. The van der Waals surface area contributed by atoms with Crippen molar-refractivity contribution >= 4 is 17.6 Å². The Balaban J connectivity index is 1.63. The first-order valence-electron chi connectivity index (χ1n) is 13.4. The number of carbonyl (C=O) groups excluding carboxylic acids is 1. The molecular weight excluding hydrogens is 518 g/mol. The fourth-order valence-electron chi connectivity index (χ4n) is 4.57. The van der Waals surface area contributed by atoms with Crippen molar-refractivity contribution in [2.24, 2.45) is 0 Å². The van der Waals surface area contributed by atoms with Crippen LogP contribution in [0, 0.1) is 0 Å². The first-order valence-corrected chi connectivity index (χ1v) is 13.4. The second-order valence-electron chi connectivity index (χ2n) is 10.5. The quantitative estimate of drug-likeness (QED) is 0.205. The monoisotopic (exact) mass is 551 g/mol. The summed E-state index contributed by atoms with van der Waals surface area (Å²) in [5, 5.41) is 9.35. The van der Waals surface area contributed by atoms with Crippen molar-refractivity contribution in [3.8, 4) is 39.3 Å². The van der Waals surface area contributed by atoms with E-state index in [9.17, 15) is 9.59 Å². The zero-order valence-corrected chi connectivity index (χ0v) is 23.5. The van der Waals surface area contributed by atoms with Crippen LogP contribution in [0.1, 0.15) is 20.8 Å². The molecule has 210 valence electrons. The van der Waals surface area contributed by atoms with Gasteiger partial charge in [-0.05, 0) is 44.0 Å². The molecule has 0 radical (unpaired) electrons. The van der Waals surface area contributed by atoms with Crippen LogP contribution in [0.2, 0.25) is 0 Å². The summed E-state index contributed by atoms with van der Waals surface area (Å²) in [6.45, 7) is 6.02. The normalized spacial score (nSPS) is 11.3. The van der Waals surface area contributed by atoms with Crippen LogP contribution in [0.5, 0.6) is 5.75 Å². The number of hydrogen-bond acceptors (Lipinski definition) is 6. The Bertz CT molecular complexity index is 1700. The molecular formula is C32H33N5O4. The van der Waals surface area contributed by atoms with Gasteiger partial charge in [-0.3, -0.25) is 9.89 Å². The molecule has 0 bridgehead atoms. The number of fused-ring (bicyclic) bond motifs is 1. The number of anilines is 1. The number of alkyl carbamates (subject to hydrolysis) is 1. The van der Waals surface area contributed by atoms with Gasteiger partial charge in [0.1, 0.15) is 17.2 Å². The standard InChI is InChI=1S/C32H33N5O4/c1-32(2,3)41-31(39)34-20-19-33-28-26(22-15-17-24(40-4)18-16-22)30(38)37-29(35-28)25(21-11-7-5-8-12-21)27(36-37)23-13-9-6-10-14-23/h5-18,33,36H,19-20H2,1-4H3,(H,34,39). The summed E-state index contributed by atoms with van der Waals surface area (Å²) >= 11 is 0. The van der Waals surface area contributed by atoms with Crippen molar-refractivity contribution in [2.75, 3.05) is 25.5 Å². The molecule has 3 aromatic carbocycles. The maximum Gasteiger partial charge on any atom is 0.407 e. The number of nitrogens with zero attached hydrogens (tertiary/aromatic N) is 2. The van der Waals surface area contributed by atoms with Crippen molar-refractivity contribution in [1.82, 2.24) is 19.9 Å². The highest BCUT2D eigenvalue weighted by Crippen LogP contribution is 2.35. The molecule has 0 fully saturated rings. The lowest BCUT2D eigenvalue weighted by atomic mass is 10.0. The largest absolute Gasteiger partial charge is 0.497 e. The molecule has 5 rings (SSSR count). The van der Waals surface area contributed by atoms with Gasteiger partial charge in [0.2, 0.25) is 0 Å². The summed E-state index contributed by atoms with van der Waals surface area (Å²) in [6.07, 6.45) is -0.511. The van der Waals surface area contributed by atoms with E-state index in [0.717, 1.165) is 22.4 Å². The third-order valence-corrected chi connectivity index (χ3v) is 6.37. The van der Waals surface area contributed by atoms with Crippen molar-refractivity contribution < 1.29 is 14.3 Å². The van der Waals surface area contributed by atoms with Gasteiger partial charge in [-0.2, -0.15) is 4.52 Å². The van der Waals surface area contributed by atoms with Crippen LogP contribution in [0.4, 0.5) is 10.6 Å². The van der Waals surface area contributed by atoms with Crippen LogP contribution in [0.15, 0.2) is 89.7 Å². The van der Waals surface area contributed by atoms with E-state index in [-0.39, 0.29) is 12.1 Å².